The average Bonchev–Trinajstić information content (AvgIpc) is 3.03. The van der Waals surface area contributed by atoms with E-state index in [0.29, 0.717) is 0 Å². The number of anilines is 1. The topological polar surface area (TPSA) is 84.7 Å². The summed E-state index contributed by atoms with van der Waals surface area (Å²) in [5, 5.41) is 7.47. The van der Waals surface area contributed by atoms with Crippen molar-refractivity contribution in [3.05, 3.63) is 65.4 Å². The van der Waals surface area contributed by atoms with Crippen molar-refractivity contribution >= 4 is 34.7 Å². The van der Waals surface area contributed by atoms with Crippen molar-refractivity contribution in [3.63, 3.8) is 0 Å². The number of aromatic nitrogens is 1. The highest BCUT2D eigenvalue weighted by Crippen LogP contribution is 2.30. The van der Waals surface area contributed by atoms with Gasteiger partial charge in [-0.2, -0.15) is 18.3 Å². The molecule has 0 fully saturated rings. The fourth-order valence-electron chi connectivity index (χ4n) is 3.36. The van der Waals surface area contributed by atoms with Gasteiger partial charge in [0.2, 0.25) is 0 Å². The summed E-state index contributed by atoms with van der Waals surface area (Å²) >= 11 is 0. The van der Waals surface area contributed by atoms with Crippen LogP contribution in [-0.4, -0.2) is 35.8 Å². The maximum absolute atomic E-state index is 12.8. The van der Waals surface area contributed by atoms with Gasteiger partial charge in [0.1, 0.15) is 6.54 Å². The first kappa shape index (κ1) is 23.8. The van der Waals surface area contributed by atoms with Crippen LogP contribution in [0.25, 0.3) is 10.9 Å². The Hall–Kier alpha value is -3.82. The molecule has 0 atom stereocenters. The summed E-state index contributed by atoms with van der Waals surface area (Å²) in [6.07, 6.45) is -2.99. The standard InChI is InChI=1S/C23H23F3N4O3/c1-3-33-22(32)14-30-15(2)19(18-9-4-5-10-20(18)30)12-28-29-21(31)13-27-17-8-6-7-16(11-17)23(24,25)26/h4-12,27H,3,13-14H2,1-2H3,(H,29,31)/b28-12-. The fraction of sp³-hybridized carbons (Fsp3) is 0.261. The van der Waals surface area contributed by atoms with Gasteiger partial charge in [-0.1, -0.05) is 24.3 Å². The summed E-state index contributed by atoms with van der Waals surface area (Å²) in [5.41, 5.74) is 4.03. The maximum Gasteiger partial charge on any atom is 0.416 e. The molecule has 0 radical (unpaired) electrons. The number of halogens is 3. The number of hydrazone groups is 1. The molecule has 2 aromatic carbocycles. The Bertz CT molecular complexity index is 1190. The Morgan fingerprint density at radius 2 is 1.91 bits per heavy atom. The van der Waals surface area contributed by atoms with Gasteiger partial charge in [0, 0.05) is 27.8 Å². The number of benzene rings is 2. The Balaban J connectivity index is 1.68. The highest BCUT2D eigenvalue weighted by molar-refractivity contribution is 6.01. The maximum atomic E-state index is 12.8. The van der Waals surface area contributed by atoms with Gasteiger partial charge in [-0.15, -0.1) is 0 Å². The number of hydrogen-bond acceptors (Lipinski definition) is 5. The second-order valence-corrected chi connectivity index (χ2v) is 7.13. The molecule has 0 saturated heterocycles. The van der Waals surface area contributed by atoms with Crippen LogP contribution in [0, 0.1) is 6.92 Å². The molecule has 0 aliphatic heterocycles. The molecule has 3 rings (SSSR count). The van der Waals surface area contributed by atoms with Crippen molar-refractivity contribution < 1.29 is 27.5 Å². The summed E-state index contributed by atoms with van der Waals surface area (Å²) in [6.45, 7) is 3.63. The summed E-state index contributed by atoms with van der Waals surface area (Å²) in [6, 6.07) is 12.0. The van der Waals surface area contributed by atoms with Crippen LogP contribution in [0.5, 0.6) is 0 Å². The number of carbonyl (C=O) groups is 2. The minimum atomic E-state index is -4.46. The molecule has 0 unspecified atom stereocenters. The van der Waals surface area contributed by atoms with E-state index in [4.69, 9.17) is 4.74 Å². The van der Waals surface area contributed by atoms with Gasteiger partial charge in [-0.25, -0.2) is 5.43 Å². The molecule has 0 aliphatic carbocycles. The molecular weight excluding hydrogens is 437 g/mol. The van der Waals surface area contributed by atoms with Gasteiger partial charge >= 0.3 is 12.1 Å². The van der Waals surface area contributed by atoms with Gasteiger partial charge < -0.3 is 14.6 Å². The zero-order chi connectivity index (χ0) is 24.0. The number of para-hydroxylation sites is 1. The van der Waals surface area contributed by atoms with Crippen LogP contribution in [-0.2, 0) is 27.0 Å². The van der Waals surface area contributed by atoms with Crippen molar-refractivity contribution in [2.24, 2.45) is 5.10 Å². The van der Waals surface area contributed by atoms with E-state index in [2.05, 4.69) is 15.8 Å². The second kappa shape index (κ2) is 10.2. The van der Waals surface area contributed by atoms with E-state index in [9.17, 15) is 22.8 Å². The van der Waals surface area contributed by atoms with E-state index in [1.807, 2.05) is 35.8 Å². The molecule has 1 heterocycles. The van der Waals surface area contributed by atoms with Crippen molar-refractivity contribution in [1.82, 2.24) is 9.99 Å². The van der Waals surface area contributed by atoms with E-state index in [1.165, 1.54) is 18.3 Å². The average molecular weight is 460 g/mol. The smallest absolute Gasteiger partial charge is 0.416 e. The molecule has 1 aromatic heterocycles. The number of esters is 1. The summed E-state index contributed by atoms with van der Waals surface area (Å²) in [5.74, 6) is -0.893. The van der Waals surface area contributed by atoms with Gasteiger partial charge in [0.05, 0.1) is 24.9 Å². The van der Waals surface area contributed by atoms with Gasteiger partial charge in [-0.3, -0.25) is 9.59 Å². The largest absolute Gasteiger partial charge is 0.465 e. The van der Waals surface area contributed by atoms with E-state index < -0.39 is 17.6 Å². The van der Waals surface area contributed by atoms with Crippen molar-refractivity contribution in [3.8, 4) is 0 Å². The molecule has 10 heteroatoms. The van der Waals surface area contributed by atoms with Crippen LogP contribution in [0.1, 0.15) is 23.7 Å². The lowest BCUT2D eigenvalue weighted by molar-refractivity contribution is -0.143. The van der Waals surface area contributed by atoms with Crippen molar-refractivity contribution in [1.29, 1.82) is 0 Å². The first-order chi connectivity index (χ1) is 15.7. The lowest BCUT2D eigenvalue weighted by Crippen LogP contribution is -2.26. The molecule has 7 nitrogen and oxygen atoms in total. The summed E-state index contributed by atoms with van der Waals surface area (Å²) in [7, 11) is 0. The van der Waals surface area contributed by atoms with Crippen LogP contribution in [0.4, 0.5) is 18.9 Å². The Morgan fingerprint density at radius 1 is 1.15 bits per heavy atom. The van der Waals surface area contributed by atoms with E-state index >= 15 is 0 Å². The monoisotopic (exact) mass is 460 g/mol. The second-order valence-electron chi connectivity index (χ2n) is 7.13. The first-order valence-corrected chi connectivity index (χ1v) is 10.2. The lowest BCUT2D eigenvalue weighted by Gasteiger charge is -2.10. The molecule has 3 aromatic rings. The van der Waals surface area contributed by atoms with Gasteiger partial charge in [-0.05, 0) is 38.1 Å². The van der Waals surface area contributed by atoms with E-state index in [-0.39, 0.29) is 31.4 Å². The number of nitrogens with zero attached hydrogens (tertiary/aromatic N) is 2. The number of carbonyl (C=O) groups excluding carboxylic acids is 2. The highest BCUT2D eigenvalue weighted by atomic mass is 19.4. The molecule has 0 spiro atoms. The minimum Gasteiger partial charge on any atom is -0.465 e. The van der Waals surface area contributed by atoms with Crippen LogP contribution < -0.4 is 10.7 Å². The predicted molar refractivity (Wildman–Crippen MR) is 119 cm³/mol. The number of alkyl halides is 3. The number of ether oxygens (including phenoxy) is 1. The van der Waals surface area contributed by atoms with Crippen molar-refractivity contribution in [2.45, 2.75) is 26.6 Å². The Morgan fingerprint density at radius 3 is 2.64 bits per heavy atom. The minimum absolute atomic E-state index is 0.0430. The molecule has 2 N–H and O–H groups in total. The lowest BCUT2D eigenvalue weighted by atomic mass is 10.1. The van der Waals surface area contributed by atoms with Crippen LogP contribution >= 0.6 is 0 Å². The van der Waals surface area contributed by atoms with Crippen LogP contribution in [0.3, 0.4) is 0 Å². The molecule has 0 saturated carbocycles. The van der Waals surface area contributed by atoms with Crippen LogP contribution in [0.15, 0.2) is 53.6 Å². The molecule has 174 valence electrons. The Labute approximate surface area is 188 Å². The van der Waals surface area contributed by atoms with Crippen LogP contribution in [0.2, 0.25) is 0 Å². The molecule has 33 heavy (non-hydrogen) atoms. The third-order valence-electron chi connectivity index (χ3n) is 4.90. The first-order valence-electron chi connectivity index (χ1n) is 10.2. The van der Waals surface area contributed by atoms with Gasteiger partial charge in [0.25, 0.3) is 5.91 Å². The molecular formula is C23H23F3N4O3. The fourth-order valence-corrected chi connectivity index (χ4v) is 3.36. The molecule has 0 bridgehead atoms. The number of hydrogen-bond donors (Lipinski definition) is 2. The van der Waals surface area contributed by atoms with E-state index in [0.717, 1.165) is 34.3 Å². The molecule has 0 aliphatic rings. The quantitative estimate of drug-likeness (QED) is 0.301. The zero-order valence-electron chi connectivity index (χ0n) is 18.1. The van der Waals surface area contributed by atoms with Gasteiger partial charge in [0.15, 0.2) is 0 Å². The zero-order valence-corrected chi connectivity index (χ0v) is 18.1. The SMILES string of the molecule is CCOC(=O)Cn1c(C)c(/C=N\NC(=O)CNc2cccc(C(F)(F)F)c2)c2ccccc21. The number of amides is 1. The normalized spacial score (nSPS) is 11.7. The third-order valence-corrected chi connectivity index (χ3v) is 4.90. The summed E-state index contributed by atoms with van der Waals surface area (Å²) in [4.78, 5) is 24.1. The van der Waals surface area contributed by atoms with E-state index in [1.54, 1.807) is 6.92 Å². The highest BCUT2D eigenvalue weighted by Gasteiger charge is 2.30. The number of fused-ring (bicyclic) bond motifs is 1. The Kier molecular flexibility index (Phi) is 7.37. The molecule has 1 amide bonds. The third kappa shape index (κ3) is 5.91. The predicted octanol–water partition coefficient (Wildman–Crippen LogP) is 4.09. The van der Waals surface area contributed by atoms with Crippen molar-refractivity contribution in [2.75, 3.05) is 18.5 Å². The number of rotatable bonds is 8. The number of nitrogens with one attached hydrogen (secondary N) is 2. The summed E-state index contributed by atoms with van der Waals surface area (Å²) < 4.78 is 45.2.